The van der Waals surface area contributed by atoms with E-state index in [4.69, 9.17) is 5.20 Å². The average molecular weight is 821 g/mol. The summed E-state index contributed by atoms with van der Waals surface area (Å²) in [5.74, 6) is 1.10. The first-order chi connectivity index (χ1) is 30.7. The average Bonchev–Trinajstić information content (AvgIpc) is 3.34. The van der Waals surface area contributed by atoms with E-state index < -0.39 is 0 Å². The number of fused-ring (bicyclic) bond motifs is 2. The van der Waals surface area contributed by atoms with Crippen LogP contribution in [-0.4, -0.2) is 15.6 Å². The molecule has 0 atom stereocenters. The van der Waals surface area contributed by atoms with E-state index in [9.17, 15) is 0 Å². The van der Waals surface area contributed by atoms with Crippen molar-refractivity contribution in [2.45, 2.75) is 5.28 Å². The van der Waals surface area contributed by atoms with Crippen LogP contribution in [0.15, 0.2) is 231 Å². The van der Waals surface area contributed by atoms with E-state index in [0.717, 1.165) is 39.9 Å². The van der Waals surface area contributed by atoms with Crippen LogP contribution < -0.4 is 13.6 Å². The molecular weight excluding hydrogens is 777 g/mol. The van der Waals surface area contributed by atoms with Crippen molar-refractivity contribution in [1.29, 1.82) is 5.15 Å². The first-order valence-electron chi connectivity index (χ1n) is 21.0. The molecule has 0 spiro atoms. The molecule has 0 bridgehead atoms. The molecule has 292 valence electrons. The summed E-state index contributed by atoms with van der Waals surface area (Å²) in [6.45, 7) is 0. The Balaban J connectivity index is 0.000000256. The predicted molar refractivity (Wildman–Crippen MR) is 263 cm³/mol. The van der Waals surface area contributed by atoms with E-state index in [1.807, 2.05) is 0 Å². The minimum Gasteiger partial charge on any atom is -0.644 e. The van der Waals surface area contributed by atoms with Gasteiger partial charge in [0, 0.05) is 38.9 Å². The molecule has 0 unspecified atom stereocenters. The van der Waals surface area contributed by atoms with E-state index in [-0.39, 0.29) is 15.6 Å². The minimum atomic E-state index is -0.343. The van der Waals surface area contributed by atoms with Gasteiger partial charge in [0.05, 0.1) is 17.1 Å². The predicted octanol–water partition coefficient (Wildman–Crippen LogP) is 15.6. The lowest BCUT2D eigenvalue weighted by Gasteiger charge is -2.27. The lowest BCUT2D eigenvalue weighted by atomic mass is 10.0. The van der Waals surface area contributed by atoms with Gasteiger partial charge in [-0.05, 0) is 114 Å². The number of hydrogen-bond donors (Lipinski definition) is 1. The maximum Gasteiger partial charge on any atom is 0.526 e. The molecule has 1 N–H and O–H groups in total. The summed E-state index contributed by atoms with van der Waals surface area (Å²) in [4.78, 5) is 4.69. The van der Waals surface area contributed by atoms with Crippen molar-refractivity contribution in [3.63, 3.8) is 0 Å². The fourth-order valence-corrected chi connectivity index (χ4v) is 9.60. The molecule has 10 aromatic carbocycles. The summed E-state index contributed by atoms with van der Waals surface area (Å²) in [5, 5.41) is 11.3. The molecule has 0 amide bonds. The Bertz CT molecular complexity index is 2880. The Morgan fingerprint density at radius 2 is 0.820 bits per heavy atom. The van der Waals surface area contributed by atoms with E-state index in [1.165, 1.54) is 54.3 Å². The third kappa shape index (κ3) is 8.29. The van der Waals surface area contributed by atoms with Gasteiger partial charge < -0.3 is 13.6 Å². The van der Waals surface area contributed by atoms with Gasteiger partial charge in [-0.3, -0.25) is 5.15 Å². The first kappa shape index (κ1) is 38.2. The third-order valence-electron chi connectivity index (χ3n) is 11.2. The summed E-state index contributed by atoms with van der Waals surface area (Å²) in [6, 6.07) is 82.0. The maximum atomic E-state index is 5.75. The highest BCUT2D eigenvalue weighted by Gasteiger charge is 2.18. The zero-order valence-electron chi connectivity index (χ0n) is 34.6. The summed E-state index contributed by atoms with van der Waals surface area (Å²) in [5.41, 5.74) is 10.7. The Morgan fingerprint density at radius 3 is 1.33 bits per heavy atom. The van der Waals surface area contributed by atoms with Gasteiger partial charge in [0.25, 0.3) is 0 Å². The molecule has 6 heteroatoms. The van der Waals surface area contributed by atoms with Crippen molar-refractivity contribution in [2.24, 2.45) is 0 Å². The standard InChI is InChI=1S/C44H32N2.C11H9O.Al.H2NP.H/c1-3-17-37(18-4-1)45(43-23-11-15-35-13-7-9-21-41(35)43)39-29-25-33(26-30-39)34-27-31-40(32-28-34)46(38-19-5-2-6-20-38)44-24-12-16-36-14-8-10-22-42(36)44;1-8-4-2-5-9-6-3-7-10(12)11(8)9;;1-2;/h1-32H;2-7,12H,1H2;;1-2H;/q;;+1;;/p-1/i/hD. The van der Waals surface area contributed by atoms with Gasteiger partial charge in [0.2, 0.25) is 0 Å². The molecule has 0 saturated heterocycles. The van der Waals surface area contributed by atoms with Crippen LogP contribution in [-0.2, 0) is 5.28 Å². The van der Waals surface area contributed by atoms with Gasteiger partial charge in [0.1, 0.15) is 0 Å². The van der Waals surface area contributed by atoms with Gasteiger partial charge in [-0.25, -0.2) is 0 Å². The van der Waals surface area contributed by atoms with Gasteiger partial charge in [-0.2, -0.15) is 0 Å². The van der Waals surface area contributed by atoms with Crippen LogP contribution in [0, 0.1) is 5.15 Å². The number of para-hydroxylation sites is 2. The van der Waals surface area contributed by atoms with E-state index in [2.05, 4.69) is 255 Å². The molecule has 0 aliphatic carbocycles. The Kier molecular flexibility index (Phi) is 11.6. The van der Waals surface area contributed by atoms with Gasteiger partial charge in [0.15, 0.2) is 1.41 Å². The fraction of sp³-hybridized carbons (Fsp3) is 0.0182. The van der Waals surface area contributed by atoms with Crippen LogP contribution in [0.4, 0.5) is 34.1 Å². The first-order valence-corrected chi connectivity index (χ1v) is 22.5. The number of hydrogen-bond acceptors (Lipinski definition) is 4. The van der Waals surface area contributed by atoms with Crippen molar-refractivity contribution >= 4 is 91.0 Å². The minimum absolute atomic E-state index is 0.343. The number of anilines is 6. The lowest BCUT2D eigenvalue weighted by Crippen LogP contribution is -2.11. The van der Waals surface area contributed by atoms with Crippen molar-refractivity contribution < 1.29 is 5.20 Å². The molecule has 1 aliphatic rings. The molecule has 0 radical (unpaired) electrons. The Morgan fingerprint density at radius 1 is 0.426 bits per heavy atom. The largest absolute Gasteiger partial charge is 0.644 e. The molecule has 0 fully saturated rings. The van der Waals surface area contributed by atoms with Crippen LogP contribution in [0.5, 0.6) is 5.75 Å². The molecular formula is C55H43AlN3OP. The van der Waals surface area contributed by atoms with Crippen molar-refractivity contribution in [2.75, 3.05) is 9.80 Å². The van der Waals surface area contributed by atoms with Crippen LogP contribution in [0.2, 0.25) is 1.41 Å². The summed E-state index contributed by atoms with van der Waals surface area (Å²) in [6.07, 6.45) is 0. The number of rotatable bonds is 7. The van der Waals surface area contributed by atoms with Crippen molar-refractivity contribution in [1.82, 2.24) is 0 Å². The molecule has 0 saturated carbocycles. The lowest BCUT2D eigenvalue weighted by molar-refractivity contribution is 0.592. The summed E-state index contributed by atoms with van der Waals surface area (Å²) >= 11 is -0.343. The molecule has 4 nitrogen and oxygen atoms in total. The van der Waals surface area contributed by atoms with E-state index >= 15 is 0 Å². The quantitative estimate of drug-likeness (QED) is 0.129. The van der Waals surface area contributed by atoms with Gasteiger partial charge in [-0.15, -0.1) is 0 Å². The Labute approximate surface area is 367 Å². The molecule has 61 heavy (non-hydrogen) atoms. The third-order valence-corrected chi connectivity index (χ3v) is 12.5. The van der Waals surface area contributed by atoms with Crippen LogP contribution >= 0.6 is 9.03 Å². The summed E-state index contributed by atoms with van der Waals surface area (Å²) in [7, 11) is 2.48. The second-order valence-electron chi connectivity index (χ2n) is 14.8. The van der Waals surface area contributed by atoms with Crippen LogP contribution in [0.3, 0.4) is 0 Å². The fourth-order valence-electron chi connectivity index (χ4n) is 8.40. The summed E-state index contributed by atoms with van der Waals surface area (Å²) < 4.78 is 11.5. The zero-order chi connectivity index (χ0) is 42.1. The van der Waals surface area contributed by atoms with Gasteiger partial charge in [-0.1, -0.05) is 164 Å². The van der Waals surface area contributed by atoms with Crippen molar-refractivity contribution in [3.8, 4) is 16.9 Å². The molecule has 1 heterocycles. The number of benzene rings is 10. The topological polar surface area (TPSA) is 39.6 Å². The van der Waals surface area contributed by atoms with Crippen LogP contribution in [0.25, 0.3) is 43.4 Å². The molecule has 1 aliphatic heterocycles. The van der Waals surface area contributed by atoms with E-state index in [0.29, 0.717) is 0 Å². The maximum absolute atomic E-state index is 5.75. The molecule has 10 aromatic rings. The van der Waals surface area contributed by atoms with Crippen LogP contribution in [0.1, 0.15) is 5.56 Å². The van der Waals surface area contributed by atoms with E-state index in [1.54, 1.807) is 0 Å². The second-order valence-corrected chi connectivity index (χ2v) is 16.0. The Hall–Kier alpha value is -6.99. The monoisotopic (exact) mass is 820 g/mol. The zero-order valence-corrected chi connectivity index (χ0v) is 36.0. The second kappa shape index (κ2) is 18.5. The van der Waals surface area contributed by atoms with Crippen molar-refractivity contribution in [3.05, 3.63) is 236 Å². The number of nitrogens with one attached hydrogen (secondary N) is 1. The SMILES string of the molecule is [2H]N=P.c1cc2c3c(cccc3c1)[O][AlH][CH2]2.c1ccc(N(c2ccc(-c3ccc(N(c4ccccc4)c4cccc5ccccc45)cc3)cc2)c2cccc3ccccc23)cc1. The smallest absolute Gasteiger partial charge is 0.526 e. The highest BCUT2D eigenvalue weighted by molar-refractivity contribution is 7.02. The molecule has 0 aromatic heterocycles. The normalized spacial score (nSPS) is 11.4. The number of nitrogens with zero attached hydrogens (tertiary/aromatic N) is 2. The van der Waals surface area contributed by atoms with Gasteiger partial charge >= 0.3 is 15.6 Å². The highest BCUT2D eigenvalue weighted by Crippen LogP contribution is 2.41. The molecule has 11 rings (SSSR count). The highest BCUT2D eigenvalue weighted by atomic mass is 31.0.